The van der Waals surface area contributed by atoms with Crippen molar-refractivity contribution in [3.63, 3.8) is 0 Å². The molecule has 25 heavy (non-hydrogen) atoms. The lowest BCUT2D eigenvalue weighted by molar-refractivity contribution is -0.122. The van der Waals surface area contributed by atoms with E-state index >= 15 is 0 Å². The van der Waals surface area contributed by atoms with Gasteiger partial charge < -0.3 is 0 Å². The molecule has 2 aromatic rings. The van der Waals surface area contributed by atoms with Crippen LogP contribution in [0.3, 0.4) is 0 Å². The van der Waals surface area contributed by atoms with Gasteiger partial charge in [-0.2, -0.15) is 0 Å². The van der Waals surface area contributed by atoms with Crippen molar-refractivity contribution in [1.29, 1.82) is 0 Å². The molecule has 0 radical (unpaired) electrons. The van der Waals surface area contributed by atoms with Crippen molar-refractivity contribution in [2.75, 3.05) is 4.90 Å². The minimum absolute atomic E-state index is 0.132. The smallest absolute Gasteiger partial charge is 0.244 e. The quantitative estimate of drug-likeness (QED) is 0.840. The van der Waals surface area contributed by atoms with Gasteiger partial charge in [0, 0.05) is 12.0 Å². The normalized spacial score (nSPS) is 21.0. The van der Waals surface area contributed by atoms with Crippen molar-refractivity contribution < 1.29 is 22.4 Å². The van der Waals surface area contributed by atoms with Gasteiger partial charge in [-0.05, 0) is 37.3 Å². The number of carbonyl (C=O) groups is 2. The van der Waals surface area contributed by atoms with Crippen molar-refractivity contribution in [2.45, 2.75) is 23.7 Å². The number of amides is 2. The first-order chi connectivity index (χ1) is 11.6. The summed E-state index contributed by atoms with van der Waals surface area (Å²) in [5.41, 5.74) is -0.958. The first-order valence-electron chi connectivity index (χ1n) is 7.40. The molecule has 1 aliphatic heterocycles. The van der Waals surface area contributed by atoms with Crippen molar-refractivity contribution in [3.8, 4) is 0 Å². The van der Waals surface area contributed by atoms with Gasteiger partial charge in [0.15, 0.2) is 0 Å². The van der Waals surface area contributed by atoms with E-state index in [4.69, 9.17) is 5.14 Å². The molecule has 2 amide bonds. The van der Waals surface area contributed by atoms with E-state index in [9.17, 15) is 22.4 Å². The van der Waals surface area contributed by atoms with E-state index in [1.807, 2.05) is 0 Å². The number of halogens is 1. The van der Waals surface area contributed by atoms with E-state index in [-0.39, 0.29) is 22.6 Å². The molecule has 0 aromatic heterocycles. The molecule has 0 aliphatic carbocycles. The second kappa shape index (κ2) is 5.75. The number of primary sulfonamides is 1. The summed E-state index contributed by atoms with van der Waals surface area (Å²) in [5.74, 6) is -1.61. The highest BCUT2D eigenvalue weighted by molar-refractivity contribution is 7.89. The number of nitrogens with zero attached hydrogens (tertiary/aromatic N) is 1. The Hall–Kier alpha value is -2.58. The van der Waals surface area contributed by atoms with Crippen molar-refractivity contribution in [1.82, 2.24) is 0 Å². The Morgan fingerprint density at radius 2 is 1.68 bits per heavy atom. The molecule has 0 bridgehead atoms. The Labute approximate surface area is 144 Å². The Bertz CT molecular complexity index is 972. The van der Waals surface area contributed by atoms with Gasteiger partial charge in [-0.1, -0.05) is 18.2 Å². The fourth-order valence-corrected chi connectivity index (χ4v) is 3.50. The van der Waals surface area contributed by atoms with E-state index in [0.29, 0.717) is 0 Å². The molecule has 1 atom stereocenters. The molecule has 0 spiro atoms. The van der Waals surface area contributed by atoms with Crippen LogP contribution in [-0.4, -0.2) is 20.2 Å². The van der Waals surface area contributed by atoms with E-state index in [1.165, 1.54) is 49.4 Å². The summed E-state index contributed by atoms with van der Waals surface area (Å²) in [7, 11) is -3.88. The third kappa shape index (κ3) is 2.83. The number of carbonyl (C=O) groups excluding carboxylic acids is 2. The topological polar surface area (TPSA) is 97.5 Å². The lowest BCUT2D eigenvalue weighted by Gasteiger charge is -2.23. The summed E-state index contributed by atoms with van der Waals surface area (Å²) in [6.07, 6.45) is -0.177. The summed E-state index contributed by atoms with van der Waals surface area (Å²) in [6, 6.07) is 10.9. The van der Waals surface area contributed by atoms with Crippen LogP contribution in [-0.2, 0) is 25.0 Å². The molecule has 1 unspecified atom stereocenters. The maximum Gasteiger partial charge on any atom is 0.244 e. The molecule has 2 aromatic carbocycles. The van der Waals surface area contributed by atoms with Crippen LogP contribution >= 0.6 is 0 Å². The molecule has 130 valence electrons. The molecule has 1 heterocycles. The van der Waals surface area contributed by atoms with Crippen molar-refractivity contribution in [2.24, 2.45) is 5.14 Å². The highest BCUT2D eigenvalue weighted by Gasteiger charge is 2.51. The second-order valence-electron chi connectivity index (χ2n) is 6.06. The summed E-state index contributed by atoms with van der Waals surface area (Å²) >= 11 is 0. The van der Waals surface area contributed by atoms with Crippen LogP contribution in [0.4, 0.5) is 10.1 Å². The number of hydrogen-bond acceptors (Lipinski definition) is 4. The van der Waals surface area contributed by atoms with Crippen LogP contribution in [0.1, 0.15) is 18.9 Å². The molecule has 1 fully saturated rings. The molecule has 0 saturated carbocycles. The lowest BCUT2D eigenvalue weighted by atomic mass is 9.80. The standard InChI is InChI=1S/C17H15FN2O4S/c1-17(13-4-2-3-5-14(13)18)10-15(21)20(16(17)22)11-6-8-12(9-7-11)25(19,23)24/h2-9H,10H2,1H3,(H2,19,23,24). The molecule has 3 rings (SSSR count). The minimum Gasteiger partial charge on any atom is -0.274 e. The average molecular weight is 362 g/mol. The van der Waals surface area contributed by atoms with Gasteiger partial charge in [0.25, 0.3) is 0 Å². The van der Waals surface area contributed by atoms with Gasteiger partial charge in [-0.3, -0.25) is 9.59 Å². The fraction of sp³-hybridized carbons (Fsp3) is 0.176. The number of imide groups is 1. The lowest BCUT2D eigenvalue weighted by Crippen LogP contribution is -2.37. The number of nitrogens with two attached hydrogens (primary N) is 1. The van der Waals surface area contributed by atoms with Crippen molar-refractivity contribution in [3.05, 3.63) is 59.9 Å². The predicted octanol–water partition coefficient (Wildman–Crippen LogP) is 1.69. The summed E-state index contributed by atoms with van der Waals surface area (Å²) in [5, 5.41) is 5.03. The van der Waals surface area contributed by atoms with Gasteiger partial charge in [0.2, 0.25) is 21.8 Å². The van der Waals surface area contributed by atoms with Crippen LogP contribution in [0.5, 0.6) is 0 Å². The maximum atomic E-state index is 14.1. The summed E-state index contributed by atoms with van der Waals surface area (Å²) < 4.78 is 36.8. The molecule has 2 N–H and O–H groups in total. The average Bonchev–Trinajstić information content (AvgIpc) is 2.77. The van der Waals surface area contributed by atoms with Gasteiger partial charge >= 0.3 is 0 Å². The summed E-state index contributed by atoms with van der Waals surface area (Å²) in [6.45, 7) is 1.52. The number of hydrogen-bond donors (Lipinski definition) is 1. The van der Waals surface area contributed by atoms with E-state index in [1.54, 1.807) is 6.07 Å². The molecule has 6 nitrogen and oxygen atoms in total. The summed E-state index contributed by atoms with van der Waals surface area (Å²) in [4.78, 5) is 26.1. The highest BCUT2D eigenvalue weighted by atomic mass is 32.2. The Morgan fingerprint density at radius 1 is 1.08 bits per heavy atom. The Kier molecular flexibility index (Phi) is 3.97. The number of rotatable bonds is 3. The van der Waals surface area contributed by atoms with E-state index in [2.05, 4.69) is 0 Å². The first-order valence-corrected chi connectivity index (χ1v) is 8.94. The van der Waals surface area contributed by atoms with Crippen molar-refractivity contribution >= 4 is 27.5 Å². The highest BCUT2D eigenvalue weighted by Crippen LogP contribution is 2.39. The number of sulfonamides is 1. The van der Waals surface area contributed by atoms with Gasteiger partial charge in [-0.25, -0.2) is 22.8 Å². The largest absolute Gasteiger partial charge is 0.274 e. The van der Waals surface area contributed by atoms with Crippen LogP contribution in [0.15, 0.2) is 53.4 Å². The zero-order valence-corrected chi connectivity index (χ0v) is 14.1. The van der Waals surface area contributed by atoms with Crippen LogP contribution in [0, 0.1) is 5.82 Å². The second-order valence-corrected chi connectivity index (χ2v) is 7.62. The SMILES string of the molecule is CC1(c2ccccc2F)CC(=O)N(c2ccc(S(N)(=O)=O)cc2)C1=O. The number of benzene rings is 2. The molecule has 8 heteroatoms. The van der Waals surface area contributed by atoms with Crippen LogP contribution < -0.4 is 10.0 Å². The monoisotopic (exact) mass is 362 g/mol. The van der Waals surface area contributed by atoms with E-state index in [0.717, 1.165) is 4.90 Å². The molecule has 1 aliphatic rings. The molecular formula is C17H15FN2O4S. The third-order valence-corrected chi connectivity index (χ3v) is 5.25. The molecular weight excluding hydrogens is 347 g/mol. The zero-order valence-electron chi connectivity index (χ0n) is 13.3. The minimum atomic E-state index is -3.88. The van der Waals surface area contributed by atoms with Gasteiger partial charge in [-0.15, -0.1) is 0 Å². The predicted molar refractivity (Wildman–Crippen MR) is 88.7 cm³/mol. The number of anilines is 1. The zero-order chi connectivity index (χ0) is 18.4. The van der Waals surface area contributed by atoms with Gasteiger partial charge in [0.1, 0.15) is 5.82 Å². The van der Waals surface area contributed by atoms with Gasteiger partial charge in [0.05, 0.1) is 16.0 Å². The Morgan fingerprint density at radius 3 is 2.24 bits per heavy atom. The van der Waals surface area contributed by atoms with Crippen LogP contribution in [0.25, 0.3) is 0 Å². The first kappa shape index (κ1) is 17.2. The fourth-order valence-electron chi connectivity index (χ4n) is 2.98. The third-order valence-electron chi connectivity index (χ3n) is 4.32. The van der Waals surface area contributed by atoms with Crippen LogP contribution in [0.2, 0.25) is 0 Å². The Balaban J connectivity index is 2.01. The van der Waals surface area contributed by atoms with E-state index < -0.39 is 33.1 Å². The maximum absolute atomic E-state index is 14.1. The molecule has 1 saturated heterocycles.